The van der Waals surface area contributed by atoms with Gasteiger partial charge in [-0.3, -0.25) is 4.90 Å². The van der Waals surface area contributed by atoms with Crippen molar-refractivity contribution in [3.05, 3.63) is 23.1 Å². The van der Waals surface area contributed by atoms with E-state index in [-0.39, 0.29) is 0 Å². The maximum Gasteiger partial charge on any atom is 0.160 e. The monoisotopic (exact) mass is 324 g/mol. The van der Waals surface area contributed by atoms with Gasteiger partial charge in [0.25, 0.3) is 0 Å². The van der Waals surface area contributed by atoms with E-state index in [4.69, 9.17) is 28.2 Å². The van der Waals surface area contributed by atoms with E-state index in [9.17, 15) is 0 Å². The quantitative estimate of drug-likeness (QED) is 0.812. The largest absolute Gasteiger partial charge is 0.308 e. The van der Waals surface area contributed by atoms with Gasteiger partial charge < -0.3 is 4.57 Å². The summed E-state index contributed by atoms with van der Waals surface area (Å²) in [5.74, 6) is 1.63. The lowest BCUT2D eigenvalue weighted by Crippen LogP contribution is -2.28. The molecule has 2 atom stereocenters. The number of hydrogen-bond acceptors (Lipinski definition) is 3. The fourth-order valence-corrected chi connectivity index (χ4v) is 4.29. The average molecular weight is 325 g/mol. The third-order valence-electron chi connectivity index (χ3n) is 4.79. The summed E-state index contributed by atoms with van der Waals surface area (Å²) in [7, 11) is 0. The topological polar surface area (TPSA) is 34.0 Å². The highest BCUT2D eigenvalue weighted by molar-refractivity contribution is 6.31. The van der Waals surface area contributed by atoms with Crippen LogP contribution in [0.3, 0.4) is 0 Å². The molecular weight excluding hydrogens is 307 g/mol. The summed E-state index contributed by atoms with van der Waals surface area (Å²) < 4.78 is 2.34. The number of pyridine rings is 1. The number of imidazole rings is 1. The van der Waals surface area contributed by atoms with Crippen LogP contribution in [0.5, 0.6) is 0 Å². The van der Waals surface area contributed by atoms with Crippen molar-refractivity contribution in [3.63, 3.8) is 0 Å². The van der Waals surface area contributed by atoms with Crippen LogP contribution in [0.25, 0.3) is 11.2 Å². The first-order chi connectivity index (χ1) is 10.3. The first-order valence-corrected chi connectivity index (χ1v) is 8.51. The van der Waals surface area contributed by atoms with Gasteiger partial charge >= 0.3 is 0 Å². The molecule has 2 aliphatic rings. The molecular formula is C15H18Cl2N4. The predicted molar refractivity (Wildman–Crippen MR) is 85.2 cm³/mol. The Labute approximate surface area is 134 Å². The third-order valence-corrected chi connectivity index (χ3v) is 5.19. The molecule has 112 valence electrons. The predicted octanol–water partition coefficient (Wildman–Crippen LogP) is 3.28. The molecule has 21 heavy (non-hydrogen) atoms. The minimum atomic E-state index is 0.476. The van der Waals surface area contributed by atoms with Crippen LogP contribution < -0.4 is 0 Å². The Morgan fingerprint density at radius 3 is 3.00 bits per heavy atom. The number of aromatic nitrogens is 3. The van der Waals surface area contributed by atoms with Crippen LogP contribution in [0.1, 0.15) is 31.1 Å². The number of alkyl halides is 1. The molecule has 0 N–H and O–H groups in total. The summed E-state index contributed by atoms with van der Waals surface area (Å²) in [5, 5.41) is 0.637. The van der Waals surface area contributed by atoms with Crippen LogP contribution >= 0.6 is 23.2 Å². The van der Waals surface area contributed by atoms with E-state index in [1.165, 1.54) is 32.4 Å². The Morgan fingerprint density at radius 1 is 1.24 bits per heavy atom. The molecule has 2 saturated heterocycles. The molecule has 0 spiro atoms. The van der Waals surface area contributed by atoms with Crippen LogP contribution in [0, 0.1) is 0 Å². The van der Waals surface area contributed by atoms with Crippen molar-refractivity contribution in [3.8, 4) is 0 Å². The van der Waals surface area contributed by atoms with Crippen molar-refractivity contribution in [2.75, 3.05) is 19.0 Å². The summed E-state index contributed by atoms with van der Waals surface area (Å²) in [6.07, 6.45) is 6.25. The molecule has 4 nitrogen and oxygen atoms in total. The molecule has 2 aromatic heterocycles. The van der Waals surface area contributed by atoms with Crippen LogP contribution in [0.15, 0.2) is 12.3 Å². The minimum absolute atomic E-state index is 0.476. The van der Waals surface area contributed by atoms with Crippen molar-refractivity contribution >= 4 is 34.4 Å². The Kier molecular flexibility index (Phi) is 3.56. The van der Waals surface area contributed by atoms with Gasteiger partial charge in [0.05, 0.1) is 11.1 Å². The first-order valence-electron chi connectivity index (χ1n) is 7.60. The molecule has 4 rings (SSSR count). The second-order valence-corrected chi connectivity index (χ2v) is 6.75. The minimum Gasteiger partial charge on any atom is -0.308 e. The van der Waals surface area contributed by atoms with Gasteiger partial charge in [0, 0.05) is 31.1 Å². The molecule has 0 radical (unpaired) electrons. The zero-order valence-corrected chi connectivity index (χ0v) is 13.3. The average Bonchev–Trinajstić information content (AvgIpc) is 3.12. The van der Waals surface area contributed by atoms with Crippen molar-refractivity contribution in [1.29, 1.82) is 0 Å². The zero-order chi connectivity index (χ0) is 14.4. The SMILES string of the molecule is ClCCc1nc2cc(Cl)cnc2n1C1CCN2CCCC12. The molecule has 0 amide bonds. The lowest BCUT2D eigenvalue weighted by Gasteiger charge is -2.23. The number of halogens is 2. The first kappa shape index (κ1) is 13.8. The van der Waals surface area contributed by atoms with E-state index in [2.05, 4.69) is 14.5 Å². The summed E-state index contributed by atoms with van der Waals surface area (Å²) in [6.45, 7) is 2.42. The van der Waals surface area contributed by atoms with E-state index >= 15 is 0 Å². The molecule has 2 fully saturated rings. The highest BCUT2D eigenvalue weighted by atomic mass is 35.5. The van der Waals surface area contributed by atoms with Crippen molar-refractivity contribution < 1.29 is 0 Å². The lowest BCUT2D eigenvalue weighted by molar-refractivity contribution is 0.290. The Bertz CT molecular complexity index is 669. The lowest BCUT2D eigenvalue weighted by atomic mass is 10.1. The zero-order valence-electron chi connectivity index (χ0n) is 11.8. The molecule has 0 bridgehead atoms. The van der Waals surface area contributed by atoms with Gasteiger partial charge in [0.2, 0.25) is 0 Å². The second-order valence-electron chi connectivity index (χ2n) is 5.93. The maximum atomic E-state index is 6.06. The molecule has 2 aliphatic heterocycles. The molecule has 2 aromatic rings. The molecule has 2 unspecified atom stereocenters. The van der Waals surface area contributed by atoms with Crippen LogP contribution in [0.4, 0.5) is 0 Å². The van der Waals surface area contributed by atoms with E-state index in [0.717, 1.165) is 23.4 Å². The Balaban J connectivity index is 1.83. The van der Waals surface area contributed by atoms with E-state index < -0.39 is 0 Å². The normalized spacial score (nSPS) is 25.8. The molecule has 0 saturated carbocycles. The fourth-order valence-electron chi connectivity index (χ4n) is 3.97. The fraction of sp³-hybridized carbons (Fsp3) is 0.600. The molecule has 6 heteroatoms. The highest BCUT2D eigenvalue weighted by Crippen LogP contribution is 2.38. The summed E-state index contributed by atoms with van der Waals surface area (Å²) in [5.41, 5.74) is 1.84. The van der Waals surface area contributed by atoms with Gasteiger partial charge in [0.15, 0.2) is 5.65 Å². The van der Waals surface area contributed by atoms with Gasteiger partial charge in [-0.15, -0.1) is 11.6 Å². The van der Waals surface area contributed by atoms with Gasteiger partial charge in [-0.2, -0.15) is 0 Å². The van der Waals surface area contributed by atoms with Crippen molar-refractivity contribution in [2.24, 2.45) is 0 Å². The summed E-state index contributed by atoms with van der Waals surface area (Å²) in [4.78, 5) is 11.9. The number of aryl methyl sites for hydroxylation is 1. The number of fused-ring (bicyclic) bond motifs is 2. The number of hydrogen-bond donors (Lipinski definition) is 0. The van der Waals surface area contributed by atoms with Gasteiger partial charge in [0.1, 0.15) is 11.3 Å². The van der Waals surface area contributed by atoms with E-state index in [1.54, 1.807) is 6.20 Å². The van der Waals surface area contributed by atoms with Crippen molar-refractivity contribution in [2.45, 2.75) is 37.8 Å². The molecule has 4 heterocycles. The van der Waals surface area contributed by atoms with E-state index in [1.807, 2.05) is 6.07 Å². The number of nitrogens with zero attached hydrogens (tertiary/aromatic N) is 4. The van der Waals surface area contributed by atoms with Crippen LogP contribution in [-0.4, -0.2) is 44.4 Å². The highest BCUT2D eigenvalue weighted by Gasteiger charge is 2.39. The summed E-state index contributed by atoms with van der Waals surface area (Å²) >= 11 is 12.0. The maximum absolute atomic E-state index is 6.06. The second kappa shape index (κ2) is 5.41. The van der Waals surface area contributed by atoms with Crippen LogP contribution in [-0.2, 0) is 6.42 Å². The van der Waals surface area contributed by atoms with Gasteiger partial charge in [-0.05, 0) is 31.9 Å². The third kappa shape index (κ3) is 2.24. The van der Waals surface area contributed by atoms with E-state index in [0.29, 0.717) is 23.0 Å². The van der Waals surface area contributed by atoms with Gasteiger partial charge in [-0.1, -0.05) is 11.6 Å². The van der Waals surface area contributed by atoms with Crippen molar-refractivity contribution in [1.82, 2.24) is 19.4 Å². The molecule has 0 aliphatic carbocycles. The Hall–Kier alpha value is -0.840. The Morgan fingerprint density at radius 2 is 2.14 bits per heavy atom. The number of rotatable bonds is 3. The molecule has 0 aromatic carbocycles. The standard InChI is InChI=1S/C15H18Cl2N4/c16-5-3-14-19-11-8-10(17)9-18-15(11)21(14)13-4-7-20-6-1-2-12(13)20/h8-9,12-13H,1-7H2. The van der Waals surface area contributed by atoms with Crippen LogP contribution in [0.2, 0.25) is 5.02 Å². The summed E-state index contributed by atoms with van der Waals surface area (Å²) in [6, 6.07) is 3.01. The van der Waals surface area contributed by atoms with Gasteiger partial charge in [-0.25, -0.2) is 9.97 Å². The smallest absolute Gasteiger partial charge is 0.160 e.